The molecule has 1 atom stereocenters. The van der Waals surface area contributed by atoms with Gasteiger partial charge in [-0.05, 0) is 30.6 Å². The van der Waals surface area contributed by atoms with Gasteiger partial charge in [-0.15, -0.1) is 0 Å². The van der Waals surface area contributed by atoms with Crippen molar-refractivity contribution in [2.45, 2.75) is 50.6 Å². The minimum atomic E-state index is -0.265. The number of hydrogen-bond acceptors (Lipinski definition) is 3. The second kappa shape index (κ2) is 8.06. The number of benzene rings is 1. The van der Waals surface area contributed by atoms with E-state index >= 15 is 0 Å². The number of aliphatic hydroxyl groups is 1. The Bertz CT molecular complexity index is 380. The van der Waals surface area contributed by atoms with Crippen molar-refractivity contribution in [3.05, 3.63) is 35.9 Å². The predicted octanol–water partition coefficient (Wildman–Crippen LogP) is 3.55. The summed E-state index contributed by atoms with van der Waals surface area (Å²) in [6, 6.07) is 11.0. The summed E-state index contributed by atoms with van der Waals surface area (Å²) in [6.07, 6.45) is 6.34. The molecule has 2 rings (SSSR count). The highest BCUT2D eigenvalue weighted by Crippen LogP contribution is 2.31. The van der Waals surface area contributed by atoms with Crippen molar-refractivity contribution in [1.29, 1.82) is 0 Å². The topological polar surface area (TPSA) is 32.3 Å². The van der Waals surface area contributed by atoms with Gasteiger partial charge in [0.1, 0.15) is 0 Å². The van der Waals surface area contributed by atoms with Crippen LogP contribution < -0.4 is 5.32 Å². The molecule has 0 amide bonds. The monoisotopic (exact) mass is 293 g/mol. The second-order valence-electron chi connectivity index (χ2n) is 5.78. The van der Waals surface area contributed by atoms with Gasteiger partial charge in [0.05, 0.1) is 12.1 Å². The van der Waals surface area contributed by atoms with E-state index in [1.54, 1.807) is 0 Å². The van der Waals surface area contributed by atoms with Crippen molar-refractivity contribution >= 4 is 11.8 Å². The number of aliphatic hydroxyl groups excluding tert-OH is 1. The van der Waals surface area contributed by atoms with E-state index in [9.17, 15) is 5.11 Å². The molecule has 0 bridgehead atoms. The maximum absolute atomic E-state index is 10.0. The number of nitrogens with one attached hydrogen (secondary N) is 1. The molecular weight excluding hydrogens is 266 g/mol. The van der Waals surface area contributed by atoms with Crippen LogP contribution in [-0.4, -0.2) is 29.3 Å². The maximum atomic E-state index is 10.0. The molecule has 20 heavy (non-hydrogen) atoms. The standard InChI is InChI=1S/C17H27NOS/c1-2-3-7-12-20-14-17(13-19,18-16-10-11-16)15-8-5-4-6-9-15/h4-6,8-9,16,18-19H,2-3,7,10-14H2,1H3. The van der Waals surface area contributed by atoms with E-state index in [1.807, 2.05) is 17.8 Å². The molecular formula is C17H27NOS. The molecule has 2 N–H and O–H groups in total. The minimum Gasteiger partial charge on any atom is -0.394 e. The van der Waals surface area contributed by atoms with E-state index in [0.717, 1.165) is 5.75 Å². The van der Waals surface area contributed by atoms with Gasteiger partial charge < -0.3 is 10.4 Å². The molecule has 112 valence electrons. The van der Waals surface area contributed by atoms with Crippen molar-refractivity contribution in [3.8, 4) is 0 Å². The Balaban J connectivity index is 1.98. The Morgan fingerprint density at radius 3 is 2.60 bits per heavy atom. The molecule has 1 aromatic carbocycles. The Labute approximate surface area is 127 Å². The first-order valence-electron chi connectivity index (χ1n) is 7.82. The molecule has 3 heteroatoms. The summed E-state index contributed by atoms with van der Waals surface area (Å²) >= 11 is 1.97. The summed E-state index contributed by atoms with van der Waals surface area (Å²) in [7, 11) is 0. The van der Waals surface area contributed by atoms with Crippen molar-refractivity contribution < 1.29 is 5.11 Å². The number of rotatable bonds is 10. The van der Waals surface area contributed by atoms with E-state index in [1.165, 1.54) is 43.4 Å². The van der Waals surface area contributed by atoms with Gasteiger partial charge in [0, 0.05) is 11.8 Å². The van der Waals surface area contributed by atoms with Gasteiger partial charge in [-0.25, -0.2) is 0 Å². The van der Waals surface area contributed by atoms with Crippen LogP contribution in [-0.2, 0) is 5.54 Å². The summed E-state index contributed by atoms with van der Waals surface area (Å²) in [4.78, 5) is 0. The predicted molar refractivity (Wildman–Crippen MR) is 88.2 cm³/mol. The zero-order valence-electron chi connectivity index (χ0n) is 12.5. The normalized spacial score (nSPS) is 17.9. The van der Waals surface area contributed by atoms with Gasteiger partial charge in [0.2, 0.25) is 0 Å². The van der Waals surface area contributed by atoms with Gasteiger partial charge in [-0.3, -0.25) is 0 Å². The lowest BCUT2D eigenvalue weighted by molar-refractivity contribution is 0.177. The molecule has 1 saturated carbocycles. The van der Waals surface area contributed by atoms with Crippen molar-refractivity contribution in [2.75, 3.05) is 18.1 Å². The van der Waals surface area contributed by atoms with E-state index in [0.29, 0.717) is 6.04 Å². The molecule has 0 aliphatic heterocycles. The third kappa shape index (κ3) is 4.51. The van der Waals surface area contributed by atoms with Gasteiger partial charge in [0.25, 0.3) is 0 Å². The first kappa shape index (κ1) is 15.9. The third-order valence-electron chi connectivity index (χ3n) is 3.89. The Morgan fingerprint density at radius 1 is 1.25 bits per heavy atom. The van der Waals surface area contributed by atoms with E-state index in [-0.39, 0.29) is 12.1 Å². The lowest BCUT2D eigenvalue weighted by Crippen LogP contribution is -2.49. The summed E-state index contributed by atoms with van der Waals surface area (Å²) in [5, 5.41) is 13.7. The molecule has 0 saturated heterocycles. The largest absolute Gasteiger partial charge is 0.394 e. The Kier molecular flexibility index (Phi) is 6.40. The Morgan fingerprint density at radius 2 is 2.00 bits per heavy atom. The van der Waals surface area contributed by atoms with Crippen LogP contribution in [0.3, 0.4) is 0 Å². The fourth-order valence-electron chi connectivity index (χ4n) is 2.47. The molecule has 0 spiro atoms. The van der Waals surface area contributed by atoms with Crippen LogP contribution in [0.5, 0.6) is 0 Å². The zero-order valence-corrected chi connectivity index (χ0v) is 13.3. The molecule has 1 aromatic rings. The fraction of sp³-hybridized carbons (Fsp3) is 0.647. The van der Waals surface area contributed by atoms with Crippen LogP contribution in [0.15, 0.2) is 30.3 Å². The summed E-state index contributed by atoms with van der Waals surface area (Å²) < 4.78 is 0. The zero-order chi connectivity index (χ0) is 14.3. The summed E-state index contributed by atoms with van der Waals surface area (Å²) in [5.41, 5.74) is 0.955. The lowest BCUT2D eigenvalue weighted by Gasteiger charge is -2.34. The highest BCUT2D eigenvalue weighted by molar-refractivity contribution is 7.99. The molecule has 0 aromatic heterocycles. The summed E-state index contributed by atoms with van der Waals surface area (Å²) in [5.74, 6) is 2.14. The third-order valence-corrected chi connectivity index (χ3v) is 5.17. The van der Waals surface area contributed by atoms with Gasteiger partial charge in [0.15, 0.2) is 0 Å². The SMILES string of the molecule is CCCCCSCC(CO)(NC1CC1)c1ccccc1. The molecule has 1 aliphatic carbocycles. The first-order valence-corrected chi connectivity index (χ1v) is 8.98. The number of unbranched alkanes of at least 4 members (excludes halogenated alkanes) is 2. The van der Waals surface area contributed by atoms with Crippen molar-refractivity contribution in [3.63, 3.8) is 0 Å². The molecule has 0 heterocycles. The smallest absolute Gasteiger partial charge is 0.0762 e. The fourth-order valence-corrected chi connectivity index (χ4v) is 3.71. The van der Waals surface area contributed by atoms with Gasteiger partial charge in [-0.2, -0.15) is 11.8 Å². The second-order valence-corrected chi connectivity index (χ2v) is 6.89. The van der Waals surface area contributed by atoms with Crippen molar-refractivity contribution in [1.82, 2.24) is 5.32 Å². The van der Waals surface area contributed by atoms with E-state index < -0.39 is 0 Å². The Hall–Kier alpha value is -0.510. The molecule has 1 fully saturated rings. The van der Waals surface area contributed by atoms with Crippen LogP contribution in [0, 0.1) is 0 Å². The molecule has 1 unspecified atom stereocenters. The minimum absolute atomic E-state index is 0.175. The molecule has 1 aliphatic rings. The van der Waals surface area contributed by atoms with E-state index in [4.69, 9.17) is 0 Å². The average Bonchev–Trinajstić information content (AvgIpc) is 3.30. The number of hydrogen-bond donors (Lipinski definition) is 2. The molecule has 0 radical (unpaired) electrons. The van der Waals surface area contributed by atoms with Crippen LogP contribution in [0.4, 0.5) is 0 Å². The van der Waals surface area contributed by atoms with Gasteiger partial charge in [-0.1, -0.05) is 50.1 Å². The average molecular weight is 293 g/mol. The van der Waals surface area contributed by atoms with E-state index in [2.05, 4.69) is 36.5 Å². The van der Waals surface area contributed by atoms with Crippen molar-refractivity contribution in [2.24, 2.45) is 0 Å². The highest BCUT2D eigenvalue weighted by Gasteiger charge is 2.37. The van der Waals surface area contributed by atoms with Crippen LogP contribution in [0.25, 0.3) is 0 Å². The van der Waals surface area contributed by atoms with Gasteiger partial charge >= 0.3 is 0 Å². The quantitative estimate of drug-likeness (QED) is 0.647. The van der Waals surface area contributed by atoms with Crippen LogP contribution in [0.1, 0.15) is 44.6 Å². The number of thioether (sulfide) groups is 1. The molecule has 2 nitrogen and oxygen atoms in total. The summed E-state index contributed by atoms with van der Waals surface area (Å²) in [6.45, 7) is 2.41. The maximum Gasteiger partial charge on any atom is 0.0762 e. The first-order chi connectivity index (χ1) is 9.80. The van der Waals surface area contributed by atoms with Crippen LogP contribution in [0.2, 0.25) is 0 Å². The lowest BCUT2D eigenvalue weighted by atomic mass is 9.92. The highest BCUT2D eigenvalue weighted by atomic mass is 32.2. The van der Waals surface area contributed by atoms with Crippen LogP contribution >= 0.6 is 11.8 Å².